The number of aliphatic carboxylic acids is 1. The minimum absolute atomic E-state index is 0.0198. The highest BCUT2D eigenvalue weighted by atomic mass is 16.4. The Morgan fingerprint density at radius 1 is 0.757 bits per heavy atom. The standard InChI is InChI=1S/C21H42N10O6/c1-10(2)14(22)17(34)31-15(11(3)32)18(35)29-12(6-4-8-27-20(23)24)16(33)30-13(19(36)37)7-5-9-28-21(25)26/h10-15,32H,4-9,22H2,1-3H3,(H,29,35)(H,30,33)(H,31,34)(H,36,37)(H4,23,24,27)(H4,25,26,28). The van der Waals surface area contributed by atoms with Crippen molar-refractivity contribution in [2.75, 3.05) is 13.1 Å². The van der Waals surface area contributed by atoms with Gasteiger partial charge in [-0.2, -0.15) is 0 Å². The van der Waals surface area contributed by atoms with Crippen LogP contribution in [0.4, 0.5) is 0 Å². The molecule has 16 heteroatoms. The number of rotatable bonds is 17. The van der Waals surface area contributed by atoms with Crippen LogP contribution in [0.2, 0.25) is 0 Å². The average molecular weight is 531 g/mol. The van der Waals surface area contributed by atoms with E-state index in [0.29, 0.717) is 0 Å². The lowest BCUT2D eigenvalue weighted by Crippen LogP contribution is -2.60. The highest BCUT2D eigenvalue weighted by Crippen LogP contribution is 2.06. The number of carbonyl (C=O) groups is 4. The Morgan fingerprint density at radius 2 is 1.22 bits per heavy atom. The van der Waals surface area contributed by atoms with Crippen molar-refractivity contribution < 1.29 is 29.4 Å². The summed E-state index contributed by atoms with van der Waals surface area (Å²) in [6.45, 7) is 5.03. The first-order chi connectivity index (χ1) is 17.2. The maximum absolute atomic E-state index is 13.0. The third kappa shape index (κ3) is 13.9. The molecule has 0 aliphatic heterocycles. The Kier molecular flexibility index (Phi) is 15.2. The summed E-state index contributed by atoms with van der Waals surface area (Å²) in [6.07, 6.45) is -0.756. The highest BCUT2D eigenvalue weighted by Gasteiger charge is 2.32. The summed E-state index contributed by atoms with van der Waals surface area (Å²) in [5.74, 6) is -4.13. The number of hydrogen-bond donors (Lipinski definition) is 10. The first-order valence-electron chi connectivity index (χ1n) is 11.9. The monoisotopic (exact) mass is 530 g/mol. The second-order valence-electron chi connectivity index (χ2n) is 8.85. The number of amides is 3. The van der Waals surface area contributed by atoms with Crippen molar-refractivity contribution in [2.24, 2.45) is 44.6 Å². The number of nitrogens with one attached hydrogen (secondary N) is 3. The second-order valence-corrected chi connectivity index (χ2v) is 8.85. The molecule has 15 N–H and O–H groups in total. The van der Waals surface area contributed by atoms with Gasteiger partial charge in [0.2, 0.25) is 17.7 Å². The zero-order valence-corrected chi connectivity index (χ0v) is 21.5. The Balaban J connectivity index is 5.57. The SMILES string of the molecule is CC(C)C(N)C(=O)NC(C(=O)NC(CCCN=C(N)N)C(=O)NC(CCCN=C(N)N)C(=O)O)C(C)O. The summed E-state index contributed by atoms with van der Waals surface area (Å²) in [7, 11) is 0. The zero-order chi connectivity index (χ0) is 28.7. The summed E-state index contributed by atoms with van der Waals surface area (Å²) in [4.78, 5) is 57.5. The zero-order valence-electron chi connectivity index (χ0n) is 21.5. The smallest absolute Gasteiger partial charge is 0.326 e. The van der Waals surface area contributed by atoms with Gasteiger partial charge in [-0.3, -0.25) is 24.4 Å². The van der Waals surface area contributed by atoms with Gasteiger partial charge in [-0.1, -0.05) is 13.8 Å². The molecule has 0 aliphatic carbocycles. The lowest BCUT2D eigenvalue weighted by atomic mass is 10.0. The van der Waals surface area contributed by atoms with E-state index in [1.165, 1.54) is 6.92 Å². The minimum atomic E-state index is -1.42. The fraction of sp³-hybridized carbons (Fsp3) is 0.714. The van der Waals surface area contributed by atoms with Crippen LogP contribution in [-0.4, -0.2) is 89.2 Å². The maximum Gasteiger partial charge on any atom is 0.326 e. The van der Waals surface area contributed by atoms with Crippen LogP contribution < -0.4 is 44.6 Å². The molecule has 0 heterocycles. The lowest BCUT2D eigenvalue weighted by Gasteiger charge is -2.27. The van der Waals surface area contributed by atoms with Gasteiger partial charge in [0.1, 0.15) is 18.1 Å². The molecule has 3 amide bonds. The molecule has 16 nitrogen and oxygen atoms in total. The number of nitrogens with zero attached hydrogens (tertiary/aromatic N) is 2. The Hall–Kier alpha value is -3.66. The van der Waals surface area contributed by atoms with Crippen LogP contribution in [0.3, 0.4) is 0 Å². The van der Waals surface area contributed by atoms with E-state index in [9.17, 15) is 29.4 Å². The molecule has 0 bridgehead atoms. The third-order valence-corrected chi connectivity index (χ3v) is 5.22. The maximum atomic E-state index is 13.0. The molecule has 0 fully saturated rings. The van der Waals surface area contributed by atoms with Crippen molar-refractivity contribution >= 4 is 35.6 Å². The number of hydrogen-bond acceptors (Lipinski definition) is 8. The van der Waals surface area contributed by atoms with E-state index in [1.807, 2.05) is 0 Å². The summed E-state index contributed by atoms with van der Waals surface area (Å²) < 4.78 is 0. The molecular formula is C21H42N10O6. The van der Waals surface area contributed by atoms with E-state index >= 15 is 0 Å². The minimum Gasteiger partial charge on any atom is -0.480 e. The van der Waals surface area contributed by atoms with Crippen molar-refractivity contribution in [1.29, 1.82) is 0 Å². The number of aliphatic imine (C=N–C) groups is 2. The molecule has 5 atom stereocenters. The molecule has 212 valence electrons. The van der Waals surface area contributed by atoms with E-state index in [-0.39, 0.29) is 56.6 Å². The number of aliphatic hydroxyl groups excluding tert-OH is 1. The van der Waals surface area contributed by atoms with Crippen LogP contribution in [0.5, 0.6) is 0 Å². The Morgan fingerprint density at radius 3 is 1.62 bits per heavy atom. The van der Waals surface area contributed by atoms with Gasteiger partial charge in [-0.15, -0.1) is 0 Å². The fourth-order valence-electron chi connectivity index (χ4n) is 3.02. The number of nitrogens with two attached hydrogens (primary N) is 5. The van der Waals surface area contributed by atoms with Gasteiger partial charge in [0.25, 0.3) is 0 Å². The largest absolute Gasteiger partial charge is 0.480 e. The molecule has 0 aromatic carbocycles. The summed E-state index contributed by atoms with van der Waals surface area (Å²) in [6, 6.07) is -4.85. The number of carboxylic acid groups (broad SMARTS) is 1. The first-order valence-corrected chi connectivity index (χ1v) is 11.9. The van der Waals surface area contributed by atoms with E-state index in [1.54, 1.807) is 13.8 Å². The van der Waals surface area contributed by atoms with Gasteiger partial charge < -0.3 is 54.8 Å². The van der Waals surface area contributed by atoms with Crippen LogP contribution in [0, 0.1) is 5.92 Å². The van der Waals surface area contributed by atoms with Gasteiger partial charge in [0.05, 0.1) is 12.1 Å². The molecule has 0 aromatic heterocycles. The Labute approximate surface area is 215 Å². The number of carboxylic acids is 1. The van der Waals surface area contributed by atoms with Crippen LogP contribution in [0.1, 0.15) is 46.5 Å². The van der Waals surface area contributed by atoms with Gasteiger partial charge >= 0.3 is 5.97 Å². The summed E-state index contributed by atoms with van der Waals surface area (Å²) in [5, 5.41) is 26.8. The van der Waals surface area contributed by atoms with Gasteiger partial charge in [0.15, 0.2) is 11.9 Å². The van der Waals surface area contributed by atoms with Gasteiger partial charge in [-0.05, 0) is 38.5 Å². The molecule has 0 aliphatic rings. The van der Waals surface area contributed by atoms with Crippen LogP contribution >= 0.6 is 0 Å². The summed E-state index contributed by atoms with van der Waals surface area (Å²) >= 11 is 0. The molecule has 0 spiro atoms. The third-order valence-electron chi connectivity index (χ3n) is 5.22. The predicted molar refractivity (Wildman–Crippen MR) is 138 cm³/mol. The van der Waals surface area contributed by atoms with Crippen LogP contribution in [-0.2, 0) is 19.2 Å². The van der Waals surface area contributed by atoms with E-state index < -0.39 is 54.0 Å². The average Bonchev–Trinajstić information content (AvgIpc) is 2.79. The molecule has 0 aromatic rings. The van der Waals surface area contributed by atoms with Crippen molar-refractivity contribution in [3.05, 3.63) is 0 Å². The van der Waals surface area contributed by atoms with Crippen molar-refractivity contribution in [3.63, 3.8) is 0 Å². The van der Waals surface area contributed by atoms with Gasteiger partial charge in [-0.25, -0.2) is 4.79 Å². The van der Waals surface area contributed by atoms with Gasteiger partial charge in [0, 0.05) is 13.1 Å². The number of aliphatic hydroxyl groups is 1. The number of carbonyl (C=O) groups excluding carboxylic acids is 3. The van der Waals surface area contributed by atoms with Crippen molar-refractivity contribution in [2.45, 2.75) is 76.7 Å². The normalized spacial score (nSPS) is 14.9. The van der Waals surface area contributed by atoms with Crippen LogP contribution in [0.15, 0.2) is 9.98 Å². The number of guanidine groups is 2. The molecule has 37 heavy (non-hydrogen) atoms. The topological polar surface area (TPSA) is 300 Å². The lowest BCUT2D eigenvalue weighted by molar-refractivity contribution is -0.142. The summed E-state index contributed by atoms with van der Waals surface area (Å²) in [5.41, 5.74) is 26.9. The fourth-order valence-corrected chi connectivity index (χ4v) is 3.02. The van der Waals surface area contributed by atoms with E-state index in [0.717, 1.165) is 0 Å². The van der Waals surface area contributed by atoms with Crippen molar-refractivity contribution in [3.8, 4) is 0 Å². The molecule has 5 unspecified atom stereocenters. The quantitative estimate of drug-likeness (QED) is 0.0490. The molecule has 0 rings (SSSR count). The first kappa shape index (κ1) is 33.3. The van der Waals surface area contributed by atoms with Crippen molar-refractivity contribution in [1.82, 2.24) is 16.0 Å². The second kappa shape index (κ2) is 16.9. The molecular weight excluding hydrogens is 488 g/mol. The predicted octanol–water partition coefficient (Wildman–Crippen LogP) is -4.00. The van der Waals surface area contributed by atoms with Crippen LogP contribution in [0.25, 0.3) is 0 Å². The van der Waals surface area contributed by atoms with E-state index in [4.69, 9.17) is 28.7 Å². The Bertz CT molecular complexity index is 825. The van der Waals surface area contributed by atoms with E-state index in [2.05, 4.69) is 25.9 Å². The molecule has 0 saturated heterocycles. The molecule has 0 radical (unpaired) electrons. The molecule has 0 saturated carbocycles. The highest BCUT2D eigenvalue weighted by molar-refractivity contribution is 5.94.